The van der Waals surface area contributed by atoms with Crippen LogP contribution in [-0.2, 0) is 11.2 Å². The highest BCUT2D eigenvalue weighted by molar-refractivity contribution is 7.13. The van der Waals surface area contributed by atoms with Crippen LogP contribution in [0, 0.1) is 0 Å². The molecule has 6 heteroatoms. The van der Waals surface area contributed by atoms with Crippen LogP contribution in [0.1, 0.15) is 24.1 Å². The summed E-state index contributed by atoms with van der Waals surface area (Å²) < 4.78 is 24.8. The van der Waals surface area contributed by atoms with Gasteiger partial charge in [0.25, 0.3) is 6.43 Å². The zero-order chi connectivity index (χ0) is 13.8. The molecule has 0 aliphatic heterocycles. The third-order valence-corrected chi connectivity index (χ3v) is 3.50. The topological polar surface area (TPSA) is 50.2 Å². The first-order chi connectivity index (χ1) is 9.06. The average molecular weight is 283 g/mol. The Morgan fingerprint density at radius 3 is 2.58 bits per heavy atom. The van der Waals surface area contributed by atoms with Crippen molar-refractivity contribution in [1.82, 2.24) is 4.98 Å². The molecule has 19 heavy (non-hydrogen) atoms. The van der Waals surface area contributed by atoms with Crippen LogP contribution in [0.3, 0.4) is 0 Å². The fourth-order valence-electron chi connectivity index (χ4n) is 1.56. The fourth-order valence-corrected chi connectivity index (χ4v) is 2.42. The fraction of sp³-hybridized carbons (Fsp3) is 0.231. The Kier molecular flexibility index (Phi) is 4.21. The Morgan fingerprint density at radius 2 is 2.00 bits per heavy atom. The number of carbonyl (C=O) groups is 1. The van der Waals surface area contributed by atoms with Crippen molar-refractivity contribution >= 4 is 17.3 Å². The summed E-state index contributed by atoms with van der Waals surface area (Å²) in [6.07, 6.45) is -2.06. The maximum Gasteiger partial charge on any atom is 0.303 e. The van der Waals surface area contributed by atoms with Gasteiger partial charge in [-0.2, -0.15) is 0 Å². The number of aromatic nitrogens is 1. The highest BCUT2D eigenvalue weighted by Gasteiger charge is 2.09. The summed E-state index contributed by atoms with van der Waals surface area (Å²) in [5.41, 5.74) is 1.45. The summed E-state index contributed by atoms with van der Waals surface area (Å²) in [6, 6.07) is 5.94. The van der Waals surface area contributed by atoms with Gasteiger partial charge in [-0.3, -0.25) is 4.79 Å². The second-order valence-electron chi connectivity index (χ2n) is 3.96. The van der Waals surface area contributed by atoms with E-state index in [1.54, 1.807) is 17.5 Å². The van der Waals surface area contributed by atoms with Gasteiger partial charge in [0.2, 0.25) is 0 Å². The summed E-state index contributed by atoms with van der Waals surface area (Å²) in [6.45, 7) is 0. The van der Waals surface area contributed by atoms with Gasteiger partial charge in [0.05, 0.1) is 12.1 Å². The highest BCUT2D eigenvalue weighted by Crippen LogP contribution is 2.27. The van der Waals surface area contributed by atoms with Gasteiger partial charge >= 0.3 is 5.97 Å². The van der Waals surface area contributed by atoms with Gasteiger partial charge in [0, 0.05) is 22.9 Å². The van der Waals surface area contributed by atoms with Gasteiger partial charge in [-0.25, -0.2) is 13.8 Å². The smallest absolute Gasteiger partial charge is 0.303 e. The van der Waals surface area contributed by atoms with Gasteiger partial charge in [-0.15, -0.1) is 11.3 Å². The van der Waals surface area contributed by atoms with Gasteiger partial charge in [0.1, 0.15) is 5.01 Å². The molecular formula is C13H11F2NO2S. The molecule has 3 nitrogen and oxygen atoms in total. The monoisotopic (exact) mass is 283 g/mol. The minimum absolute atomic E-state index is 0.0218. The molecule has 0 amide bonds. The maximum atomic E-state index is 12.4. The van der Waals surface area contributed by atoms with E-state index in [2.05, 4.69) is 4.98 Å². The van der Waals surface area contributed by atoms with Crippen molar-refractivity contribution in [2.45, 2.75) is 19.3 Å². The number of halogens is 2. The Bertz CT molecular complexity index is 566. The second-order valence-corrected chi connectivity index (χ2v) is 4.82. The predicted molar refractivity (Wildman–Crippen MR) is 68.5 cm³/mol. The van der Waals surface area contributed by atoms with Crippen LogP contribution in [0.15, 0.2) is 29.6 Å². The zero-order valence-electron chi connectivity index (χ0n) is 9.85. The number of aliphatic carboxylic acids is 1. The molecule has 1 aromatic heterocycles. The summed E-state index contributed by atoms with van der Waals surface area (Å²) in [7, 11) is 0. The van der Waals surface area contributed by atoms with Crippen LogP contribution < -0.4 is 0 Å². The predicted octanol–water partition coefficient (Wildman–Crippen LogP) is 3.76. The van der Waals surface area contributed by atoms with Crippen LogP contribution in [0.5, 0.6) is 0 Å². The molecule has 0 spiro atoms. The molecule has 0 unspecified atom stereocenters. The standard InChI is InChI=1S/C13H11F2NO2S/c14-12(15)8-1-3-9(4-2-8)13-16-10(7-19-13)5-6-11(17)18/h1-4,7,12H,5-6H2,(H,17,18). The molecule has 1 aromatic carbocycles. The van der Waals surface area contributed by atoms with E-state index in [0.29, 0.717) is 17.1 Å². The van der Waals surface area contributed by atoms with Crippen LogP contribution in [0.25, 0.3) is 10.6 Å². The minimum Gasteiger partial charge on any atom is -0.481 e. The quantitative estimate of drug-likeness (QED) is 0.908. The lowest BCUT2D eigenvalue weighted by Crippen LogP contribution is -1.97. The number of benzene rings is 1. The molecule has 0 radical (unpaired) electrons. The molecule has 100 valence electrons. The lowest BCUT2D eigenvalue weighted by Gasteiger charge is -2.00. The van der Waals surface area contributed by atoms with Crippen molar-refractivity contribution in [1.29, 1.82) is 0 Å². The van der Waals surface area contributed by atoms with Crippen LogP contribution in [0.4, 0.5) is 8.78 Å². The second kappa shape index (κ2) is 5.88. The summed E-state index contributed by atoms with van der Waals surface area (Å²) in [5.74, 6) is -0.865. The molecule has 0 saturated heterocycles. The number of carboxylic acids is 1. The molecule has 1 N–H and O–H groups in total. The SMILES string of the molecule is O=C(O)CCc1csc(-c2ccc(C(F)F)cc2)n1. The van der Waals surface area contributed by atoms with Crippen molar-refractivity contribution in [3.8, 4) is 10.6 Å². The van der Waals surface area contributed by atoms with Crippen molar-refractivity contribution in [3.05, 3.63) is 40.9 Å². The molecule has 2 rings (SSSR count). The molecule has 0 atom stereocenters. The van der Waals surface area contributed by atoms with Gasteiger partial charge < -0.3 is 5.11 Å². The molecular weight excluding hydrogens is 272 g/mol. The lowest BCUT2D eigenvalue weighted by molar-refractivity contribution is -0.136. The first-order valence-electron chi connectivity index (χ1n) is 5.61. The van der Waals surface area contributed by atoms with Crippen molar-refractivity contribution < 1.29 is 18.7 Å². The number of hydrogen-bond acceptors (Lipinski definition) is 3. The number of carboxylic acid groups (broad SMARTS) is 1. The highest BCUT2D eigenvalue weighted by atomic mass is 32.1. The van der Waals surface area contributed by atoms with Crippen LogP contribution in [-0.4, -0.2) is 16.1 Å². The summed E-state index contributed by atoms with van der Waals surface area (Å²) in [5, 5.41) is 11.1. The molecule has 1 heterocycles. The number of rotatable bonds is 5. The van der Waals surface area contributed by atoms with E-state index in [1.165, 1.54) is 23.5 Å². The first-order valence-corrected chi connectivity index (χ1v) is 6.49. The molecule has 0 saturated carbocycles. The molecule has 0 aliphatic rings. The minimum atomic E-state index is -2.48. The van der Waals surface area contributed by atoms with E-state index in [0.717, 1.165) is 5.56 Å². The number of hydrogen-bond donors (Lipinski definition) is 1. The molecule has 0 aliphatic carbocycles. The average Bonchev–Trinajstić information content (AvgIpc) is 2.85. The zero-order valence-corrected chi connectivity index (χ0v) is 10.7. The molecule has 0 fully saturated rings. The Balaban J connectivity index is 2.11. The molecule has 0 bridgehead atoms. The largest absolute Gasteiger partial charge is 0.481 e. The van der Waals surface area contributed by atoms with Gasteiger partial charge in [-0.05, 0) is 0 Å². The number of alkyl halides is 2. The normalized spacial score (nSPS) is 10.9. The van der Waals surface area contributed by atoms with Crippen LogP contribution in [0.2, 0.25) is 0 Å². The Hall–Kier alpha value is -1.82. The van der Waals surface area contributed by atoms with E-state index in [-0.39, 0.29) is 12.0 Å². The third kappa shape index (κ3) is 3.57. The van der Waals surface area contributed by atoms with E-state index in [1.807, 2.05) is 0 Å². The Labute approximate surface area is 112 Å². The van der Waals surface area contributed by atoms with E-state index < -0.39 is 12.4 Å². The van der Waals surface area contributed by atoms with E-state index in [9.17, 15) is 13.6 Å². The number of nitrogens with zero attached hydrogens (tertiary/aromatic N) is 1. The Morgan fingerprint density at radius 1 is 1.32 bits per heavy atom. The number of thiazole rings is 1. The van der Waals surface area contributed by atoms with Gasteiger partial charge in [0.15, 0.2) is 0 Å². The summed E-state index contributed by atoms with van der Waals surface area (Å²) >= 11 is 1.38. The van der Waals surface area contributed by atoms with Crippen LogP contribution >= 0.6 is 11.3 Å². The van der Waals surface area contributed by atoms with Crippen molar-refractivity contribution in [2.24, 2.45) is 0 Å². The maximum absolute atomic E-state index is 12.4. The van der Waals surface area contributed by atoms with Crippen molar-refractivity contribution in [2.75, 3.05) is 0 Å². The first kappa shape index (κ1) is 13.6. The van der Waals surface area contributed by atoms with Crippen molar-refractivity contribution in [3.63, 3.8) is 0 Å². The molecule has 2 aromatic rings. The number of aryl methyl sites for hydroxylation is 1. The summed E-state index contributed by atoms with van der Waals surface area (Å²) in [4.78, 5) is 14.7. The third-order valence-electron chi connectivity index (χ3n) is 2.56. The van der Waals surface area contributed by atoms with E-state index in [4.69, 9.17) is 5.11 Å². The van der Waals surface area contributed by atoms with Gasteiger partial charge in [-0.1, -0.05) is 24.3 Å². The lowest BCUT2D eigenvalue weighted by atomic mass is 10.1. The van der Waals surface area contributed by atoms with E-state index >= 15 is 0 Å².